The SMILES string of the molecule is COc1ccc(F)cc1-c1sc(C)nc1CN. The Hall–Kier alpha value is -1.46. The molecule has 2 rings (SSSR count). The normalized spacial score (nSPS) is 10.6. The molecule has 1 aromatic heterocycles. The monoisotopic (exact) mass is 252 g/mol. The quantitative estimate of drug-likeness (QED) is 0.913. The number of ether oxygens (including phenoxy) is 1. The first-order valence-electron chi connectivity index (χ1n) is 5.16. The summed E-state index contributed by atoms with van der Waals surface area (Å²) >= 11 is 1.49. The summed E-state index contributed by atoms with van der Waals surface area (Å²) in [5, 5.41) is 0.909. The Balaban J connectivity index is 2.61. The van der Waals surface area contributed by atoms with Crippen molar-refractivity contribution in [1.29, 1.82) is 0 Å². The lowest BCUT2D eigenvalue weighted by Crippen LogP contribution is -1.99. The number of nitrogens with two attached hydrogens (primary N) is 1. The van der Waals surface area contributed by atoms with Crippen LogP contribution in [0.25, 0.3) is 10.4 Å². The molecule has 5 heteroatoms. The Morgan fingerprint density at radius 3 is 2.88 bits per heavy atom. The number of rotatable bonds is 3. The lowest BCUT2D eigenvalue weighted by molar-refractivity contribution is 0.415. The highest BCUT2D eigenvalue weighted by Gasteiger charge is 2.15. The summed E-state index contributed by atoms with van der Waals surface area (Å²) in [5.74, 6) is 0.333. The third-order valence-corrected chi connectivity index (χ3v) is 3.45. The summed E-state index contributed by atoms with van der Waals surface area (Å²) in [5.41, 5.74) is 7.12. The van der Waals surface area contributed by atoms with Crippen molar-refractivity contribution in [2.45, 2.75) is 13.5 Å². The smallest absolute Gasteiger partial charge is 0.127 e. The predicted molar refractivity (Wildman–Crippen MR) is 66.7 cm³/mol. The molecule has 0 fully saturated rings. The van der Waals surface area contributed by atoms with E-state index in [1.165, 1.54) is 23.5 Å². The van der Waals surface area contributed by atoms with E-state index in [4.69, 9.17) is 10.5 Å². The first-order chi connectivity index (χ1) is 8.15. The highest BCUT2D eigenvalue weighted by Crippen LogP contribution is 2.36. The fourth-order valence-corrected chi connectivity index (χ4v) is 2.64. The van der Waals surface area contributed by atoms with Crippen molar-refractivity contribution in [3.8, 4) is 16.2 Å². The van der Waals surface area contributed by atoms with Crippen molar-refractivity contribution in [3.63, 3.8) is 0 Å². The fourth-order valence-electron chi connectivity index (χ4n) is 1.68. The van der Waals surface area contributed by atoms with E-state index in [1.54, 1.807) is 13.2 Å². The molecule has 0 unspecified atom stereocenters. The van der Waals surface area contributed by atoms with E-state index in [2.05, 4.69) is 4.98 Å². The van der Waals surface area contributed by atoms with Crippen LogP contribution in [0.3, 0.4) is 0 Å². The van der Waals surface area contributed by atoms with Gasteiger partial charge in [-0.1, -0.05) is 0 Å². The number of benzene rings is 1. The third kappa shape index (κ3) is 2.30. The maximum Gasteiger partial charge on any atom is 0.127 e. The van der Waals surface area contributed by atoms with Crippen LogP contribution in [0.15, 0.2) is 18.2 Å². The van der Waals surface area contributed by atoms with E-state index in [0.717, 1.165) is 15.6 Å². The van der Waals surface area contributed by atoms with Crippen molar-refractivity contribution >= 4 is 11.3 Å². The molecule has 2 aromatic rings. The van der Waals surface area contributed by atoms with Gasteiger partial charge in [-0.2, -0.15) is 0 Å². The van der Waals surface area contributed by atoms with Crippen LogP contribution in [0.1, 0.15) is 10.7 Å². The number of halogens is 1. The number of methoxy groups -OCH3 is 1. The van der Waals surface area contributed by atoms with Crippen LogP contribution in [0.4, 0.5) is 4.39 Å². The Morgan fingerprint density at radius 1 is 1.47 bits per heavy atom. The molecule has 90 valence electrons. The molecule has 0 aliphatic rings. The van der Waals surface area contributed by atoms with Crippen LogP contribution in [-0.4, -0.2) is 12.1 Å². The molecule has 1 aromatic carbocycles. The van der Waals surface area contributed by atoms with Crippen LogP contribution in [0.2, 0.25) is 0 Å². The average molecular weight is 252 g/mol. The first kappa shape index (κ1) is 12.0. The zero-order valence-electron chi connectivity index (χ0n) is 9.66. The molecule has 0 spiro atoms. The number of thiazole rings is 1. The summed E-state index contributed by atoms with van der Waals surface area (Å²) in [6.45, 7) is 2.23. The van der Waals surface area contributed by atoms with Crippen LogP contribution in [0, 0.1) is 12.7 Å². The van der Waals surface area contributed by atoms with Crippen LogP contribution >= 0.6 is 11.3 Å². The molecule has 0 aliphatic carbocycles. The van der Waals surface area contributed by atoms with Crippen LogP contribution < -0.4 is 10.5 Å². The zero-order chi connectivity index (χ0) is 12.4. The average Bonchev–Trinajstić information content (AvgIpc) is 2.70. The molecular formula is C12H13FN2OS. The second kappa shape index (κ2) is 4.81. The van der Waals surface area contributed by atoms with Crippen LogP contribution in [-0.2, 0) is 6.54 Å². The molecule has 0 amide bonds. The fraction of sp³-hybridized carbons (Fsp3) is 0.250. The van der Waals surface area contributed by atoms with Gasteiger partial charge in [0.1, 0.15) is 11.6 Å². The van der Waals surface area contributed by atoms with Gasteiger partial charge in [-0.25, -0.2) is 9.37 Å². The zero-order valence-corrected chi connectivity index (χ0v) is 10.5. The third-order valence-electron chi connectivity index (χ3n) is 2.40. The number of hydrogen-bond acceptors (Lipinski definition) is 4. The minimum atomic E-state index is -0.296. The van der Waals surface area contributed by atoms with E-state index < -0.39 is 0 Å². The topological polar surface area (TPSA) is 48.1 Å². The summed E-state index contributed by atoms with van der Waals surface area (Å²) in [4.78, 5) is 5.20. The van der Waals surface area contributed by atoms with Gasteiger partial charge in [0.05, 0.1) is 22.7 Å². The molecule has 3 nitrogen and oxygen atoms in total. The Kier molecular flexibility index (Phi) is 3.40. The summed E-state index contributed by atoms with van der Waals surface area (Å²) in [7, 11) is 1.56. The van der Waals surface area contributed by atoms with E-state index in [-0.39, 0.29) is 5.82 Å². The predicted octanol–water partition coefficient (Wildman–Crippen LogP) is 2.72. The van der Waals surface area contributed by atoms with Gasteiger partial charge in [0.15, 0.2) is 0 Å². The second-order valence-electron chi connectivity index (χ2n) is 3.56. The van der Waals surface area contributed by atoms with Crippen molar-refractivity contribution in [2.24, 2.45) is 5.73 Å². The molecule has 17 heavy (non-hydrogen) atoms. The number of aryl methyl sites for hydroxylation is 1. The Bertz CT molecular complexity index is 539. The molecule has 0 saturated heterocycles. The Labute approximate surface area is 103 Å². The van der Waals surface area contributed by atoms with Gasteiger partial charge in [0, 0.05) is 12.1 Å². The van der Waals surface area contributed by atoms with Gasteiger partial charge in [-0.3, -0.25) is 0 Å². The summed E-state index contributed by atoms with van der Waals surface area (Å²) in [6.07, 6.45) is 0. The second-order valence-corrected chi connectivity index (χ2v) is 4.76. The lowest BCUT2D eigenvalue weighted by atomic mass is 10.1. The molecule has 1 heterocycles. The molecular weight excluding hydrogens is 239 g/mol. The maximum atomic E-state index is 13.3. The van der Waals surface area contributed by atoms with Gasteiger partial charge in [0.25, 0.3) is 0 Å². The number of aromatic nitrogens is 1. The molecule has 0 aliphatic heterocycles. The lowest BCUT2D eigenvalue weighted by Gasteiger charge is -2.07. The van der Waals surface area contributed by atoms with Gasteiger partial charge >= 0.3 is 0 Å². The summed E-state index contributed by atoms with van der Waals surface area (Å²) < 4.78 is 18.5. The van der Waals surface area contributed by atoms with Crippen LogP contribution in [0.5, 0.6) is 5.75 Å². The number of nitrogens with zero attached hydrogens (tertiary/aromatic N) is 1. The minimum Gasteiger partial charge on any atom is -0.496 e. The van der Waals surface area contributed by atoms with Crippen molar-refractivity contribution in [3.05, 3.63) is 34.7 Å². The number of hydrogen-bond donors (Lipinski definition) is 1. The minimum absolute atomic E-state index is 0.296. The van der Waals surface area contributed by atoms with Crippen molar-refractivity contribution < 1.29 is 9.13 Å². The van der Waals surface area contributed by atoms with Gasteiger partial charge in [0.2, 0.25) is 0 Å². The molecule has 2 N–H and O–H groups in total. The van der Waals surface area contributed by atoms with E-state index in [0.29, 0.717) is 17.9 Å². The van der Waals surface area contributed by atoms with Crippen molar-refractivity contribution in [2.75, 3.05) is 7.11 Å². The first-order valence-corrected chi connectivity index (χ1v) is 5.97. The highest BCUT2D eigenvalue weighted by atomic mass is 32.1. The van der Waals surface area contributed by atoms with Gasteiger partial charge in [-0.05, 0) is 25.1 Å². The molecule has 0 bridgehead atoms. The van der Waals surface area contributed by atoms with E-state index in [9.17, 15) is 4.39 Å². The summed E-state index contributed by atoms with van der Waals surface area (Å²) in [6, 6.07) is 4.43. The highest BCUT2D eigenvalue weighted by molar-refractivity contribution is 7.15. The maximum absolute atomic E-state index is 13.3. The van der Waals surface area contributed by atoms with Crippen molar-refractivity contribution in [1.82, 2.24) is 4.98 Å². The van der Waals surface area contributed by atoms with E-state index in [1.807, 2.05) is 6.92 Å². The van der Waals surface area contributed by atoms with E-state index >= 15 is 0 Å². The standard InChI is InChI=1S/C12H13FN2OS/c1-7-15-10(6-14)12(17-7)9-5-8(13)3-4-11(9)16-2/h3-5H,6,14H2,1-2H3. The molecule has 0 radical (unpaired) electrons. The van der Waals surface area contributed by atoms with Gasteiger partial charge < -0.3 is 10.5 Å². The molecule has 0 atom stereocenters. The van der Waals surface area contributed by atoms with Gasteiger partial charge in [-0.15, -0.1) is 11.3 Å². The Morgan fingerprint density at radius 2 is 2.24 bits per heavy atom. The largest absolute Gasteiger partial charge is 0.496 e. The molecule has 0 saturated carbocycles.